The van der Waals surface area contributed by atoms with Crippen LogP contribution < -0.4 is 18.9 Å². The second kappa shape index (κ2) is 8.04. The summed E-state index contributed by atoms with van der Waals surface area (Å²) in [6.45, 7) is 0.0120. The van der Waals surface area contributed by atoms with E-state index in [0.717, 1.165) is 34.2 Å². The molecule has 148 valence electrons. The lowest BCUT2D eigenvalue weighted by Crippen LogP contribution is -2.24. The van der Waals surface area contributed by atoms with E-state index >= 15 is 0 Å². The summed E-state index contributed by atoms with van der Waals surface area (Å²) < 4.78 is 57.1. The van der Waals surface area contributed by atoms with Crippen molar-refractivity contribution < 1.29 is 27.0 Å². The third-order valence-corrected chi connectivity index (χ3v) is 5.72. The molecule has 0 aromatic heterocycles. The fraction of sp³-hybridized carbons (Fsp3) is 0.200. The van der Waals surface area contributed by atoms with Gasteiger partial charge in [0.15, 0.2) is 11.5 Å². The Kier molecular flexibility index (Phi) is 5.71. The number of fused-ring (bicyclic) bond motifs is 1. The molecule has 0 heterocycles. The molecule has 0 spiro atoms. The number of hydrogen-bond acceptors (Lipinski definition) is 5. The topological polar surface area (TPSA) is 73.9 Å². The number of methoxy groups -OCH3 is 3. The molecule has 0 aliphatic heterocycles. The second-order valence-electron chi connectivity index (χ2n) is 6.01. The Labute approximate surface area is 162 Å². The Balaban J connectivity index is 1.84. The van der Waals surface area contributed by atoms with Crippen molar-refractivity contribution in [3.63, 3.8) is 0 Å². The molecule has 0 unspecified atom stereocenters. The van der Waals surface area contributed by atoms with Crippen LogP contribution >= 0.6 is 0 Å². The van der Waals surface area contributed by atoms with Gasteiger partial charge >= 0.3 is 0 Å². The number of sulfonamides is 1. The largest absolute Gasteiger partial charge is 0.497 e. The summed E-state index contributed by atoms with van der Waals surface area (Å²) in [6.07, 6.45) is 0. The summed E-state index contributed by atoms with van der Waals surface area (Å²) >= 11 is 0. The number of ether oxygens (including phenoxy) is 3. The molecule has 0 radical (unpaired) electrons. The van der Waals surface area contributed by atoms with Gasteiger partial charge in [-0.15, -0.1) is 0 Å². The first-order chi connectivity index (χ1) is 13.4. The predicted molar refractivity (Wildman–Crippen MR) is 104 cm³/mol. The van der Waals surface area contributed by atoms with Crippen molar-refractivity contribution in [3.05, 3.63) is 59.9 Å². The van der Waals surface area contributed by atoms with Gasteiger partial charge in [-0.2, -0.15) is 0 Å². The van der Waals surface area contributed by atoms with Gasteiger partial charge in [0, 0.05) is 18.7 Å². The van der Waals surface area contributed by atoms with Crippen LogP contribution in [0.25, 0.3) is 10.8 Å². The minimum Gasteiger partial charge on any atom is -0.497 e. The van der Waals surface area contributed by atoms with Crippen LogP contribution in [0.5, 0.6) is 17.2 Å². The number of benzene rings is 3. The van der Waals surface area contributed by atoms with E-state index in [1.54, 1.807) is 13.2 Å². The van der Waals surface area contributed by atoms with E-state index < -0.39 is 20.7 Å². The molecule has 6 nitrogen and oxygen atoms in total. The number of hydrogen-bond donors (Lipinski definition) is 1. The average molecular weight is 405 g/mol. The van der Waals surface area contributed by atoms with Gasteiger partial charge in [0.25, 0.3) is 0 Å². The molecule has 8 heteroatoms. The summed E-state index contributed by atoms with van der Waals surface area (Å²) in [5.41, 5.74) is 0.738. The van der Waals surface area contributed by atoms with Crippen LogP contribution in [0, 0.1) is 5.82 Å². The molecule has 0 saturated carbocycles. The van der Waals surface area contributed by atoms with Crippen molar-refractivity contribution in [1.82, 2.24) is 4.72 Å². The lowest BCUT2D eigenvalue weighted by Gasteiger charge is -2.12. The SMILES string of the molecule is COc1ccc2cc(CNS(=O)(=O)c3cc(OC)c(OC)cc3F)ccc2c1. The Morgan fingerprint density at radius 3 is 2.18 bits per heavy atom. The van der Waals surface area contributed by atoms with Crippen molar-refractivity contribution in [2.24, 2.45) is 0 Å². The van der Waals surface area contributed by atoms with Crippen LogP contribution in [0.4, 0.5) is 4.39 Å². The van der Waals surface area contributed by atoms with E-state index in [1.165, 1.54) is 14.2 Å². The monoisotopic (exact) mass is 405 g/mol. The smallest absolute Gasteiger partial charge is 0.243 e. The molecule has 0 aliphatic rings. The van der Waals surface area contributed by atoms with Gasteiger partial charge in [0.1, 0.15) is 16.5 Å². The maximum Gasteiger partial charge on any atom is 0.243 e. The van der Waals surface area contributed by atoms with Crippen LogP contribution in [-0.4, -0.2) is 29.7 Å². The quantitative estimate of drug-likeness (QED) is 0.651. The highest BCUT2D eigenvalue weighted by Crippen LogP contribution is 2.32. The molecular weight excluding hydrogens is 385 g/mol. The lowest BCUT2D eigenvalue weighted by molar-refractivity contribution is 0.350. The van der Waals surface area contributed by atoms with Crippen molar-refractivity contribution in [1.29, 1.82) is 0 Å². The molecule has 0 atom stereocenters. The van der Waals surface area contributed by atoms with Crippen LogP contribution in [0.1, 0.15) is 5.56 Å². The summed E-state index contributed by atoms with van der Waals surface area (Å²) in [5, 5.41) is 1.91. The molecule has 28 heavy (non-hydrogen) atoms. The Morgan fingerprint density at radius 1 is 0.857 bits per heavy atom. The molecule has 0 bridgehead atoms. The molecule has 0 fully saturated rings. The normalized spacial score (nSPS) is 11.4. The van der Waals surface area contributed by atoms with E-state index in [1.807, 2.05) is 30.3 Å². The number of rotatable bonds is 7. The fourth-order valence-corrected chi connectivity index (χ4v) is 3.90. The van der Waals surface area contributed by atoms with Crippen molar-refractivity contribution in [3.8, 4) is 17.2 Å². The van der Waals surface area contributed by atoms with Gasteiger partial charge in [-0.3, -0.25) is 0 Å². The molecule has 3 rings (SSSR count). The first kappa shape index (κ1) is 19.9. The second-order valence-corrected chi connectivity index (χ2v) is 7.74. The summed E-state index contributed by atoms with van der Waals surface area (Å²) in [5.74, 6) is 0.0634. The Morgan fingerprint density at radius 2 is 1.50 bits per heavy atom. The van der Waals surface area contributed by atoms with Gasteiger partial charge in [0.05, 0.1) is 21.3 Å². The molecule has 0 aliphatic carbocycles. The molecule has 0 amide bonds. The predicted octanol–water partition coefficient (Wildman–Crippen LogP) is 3.48. The number of halogens is 1. The van der Waals surface area contributed by atoms with Gasteiger partial charge in [-0.05, 0) is 34.5 Å². The summed E-state index contributed by atoms with van der Waals surface area (Å²) in [6, 6.07) is 13.2. The van der Waals surface area contributed by atoms with Crippen LogP contribution in [0.3, 0.4) is 0 Å². The molecule has 3 aromatic rings. The highest BCUT2D eigenvalue weighted by Gasteiger charge is 2.22. The zero-order chi connectivity index (χ0) is 20.3. The maximum absolute atomic E-state index is 14.3. The maximum atomic E-state index is 14.3. The summed E-state index contributed by atoms with van der Waals surface area (Å²) in [4.78, 5) is -0.504. The molecule has 0 saturated heterocycles. The van der Waals surface area contributed by atoms with Gasteiger partial charge in [0.2, 0.25) is 10.0 Å². The number of nitrogens with one attached hydrogen (secondary N) is 1. The zero-order valence-electron chi connectivity index (χ0n) is 15.7. The van der Waals surface area contributed by atoms with E-state index in [0.29, 0.717) is 0 Å². The van der Waals surface area contributed by atoms with Gasteiger partial charge < -0.3 is 14.2 Å². The summed E-state index contributed by atoms with van der Waals surface area (Å²) in [7, 11) is 0.201. The molecule has 3 aromatic carbocycles. The Bertz CT molecular complexity index is 1120. The Hall–Kier alpha value is -2.84. The van der Waals surface area contributed by atoms with E-state index in [9.17, 15) is 12.8 Å². The first-order valence-corrected chi connectivity index (χ1v) is 9.84. The zero-order valence-corrected chi connectivity index (χ0v) is 16.5. The highest BCUT2D eigenvalue weighted by molar-refractivity contribution is 7.89. The van der Waals surface area contributed by atoms with E-state index in [2.05, 4.69) is 4.72 Å². The standard InChI is InChI=1S/C20H20FNO5S/c1-25-16-7-6-14-8-13(4-5-15(14)9-16)12-22-28(23,24)20-11-19(27-3)18(26-2)10-17(20)21/h4-11,22H,12H2,1-3H3. The van der Waals surface area contributed by atoms with Crippen molar-refractivity contribution in [2.45, 2.75) is 11.4 Å². The van der Waals surface area contributed by atoms with Gasteiger partial charge in [-0.1, -0.05) is 18.2 Å². The minimum atomic E-state index is -4.09. The first-order valence-electron chi connectivity index (χ1n) is 8.36. The van der Waals surface area contributed by atoms with Crippen LogP contribution in [-0.2, 0) is 16.6 Å². The van der Waals surface area contributed by atoms with Crippen molar-refractivity contribution >= 4 is 20.8 Å². The van der Waals surface area contributed by atoms with E-state index in [-0.39, 0.29) is 18.0 Å². The minimum absolute atomic E-state index is 0.0120. The van der Waals surface area contributed by atoms with Crippen LogP contribution in [0.2, 0.25) is 0 Å². The molecular formula is C20H20FNO5S. The lowest BCUT2D eigenvalue weighted by atomic mass is 10.1. The fourth-order valence-electron chi connectivity index (χ4n) is 2.81. The van der Waals surface area contributed by atoms with Gasteiger partial charge in [-0.25, -0.2) is 17.5 Å². The highest BCUT2D eigenvalue weighted by atomic mass is 32.2. The molecule has 1 N–H and O–H groups in total. The van der Waals surface area contributed by atoms with E-state index in [4.69, 9.17) is 14.2 Å². The third-order valence-electron chi connectivity index (χ3n) is 4.31. The average Bonchev–Trinajstić information content (AvgIpc) is 2.71. The van der Waals surface area contributed by atoms with Crippen molar-refractivity contribution in [2.75, 3.05) is 21.3 Å². The van der Waals surface area contributed by atoms with Crippen LogP contribution in [0.15, 0.2) is 53.4 Å². The third kappa shape index (κ3) is 4.02.